The monoisotopic (exact) mass is 368 g/mol. The predicted molar refractivity (Wildman–Crippen MR) is 78.2 cm³/mol. The summed E-state index contributed by atoms with van der Waals surface area (Å²) in [7, 11) is 0. The molecule has 0 radical (unpaired) electrons. The van der Waals surface area contributed by atoms with E-state index in [1.165, 1.54) is 0 Å². The lowest BCUT2D eigenvalue weighted by Crippen LogP contribution is -2.36. The number of carbonyl (C=O) groups is 1. The second-order valence-corrected chi connectivity index (χ2v) is 6.24. The summed E-state index contributed by atoms with van der Waals surface area (Å²) in [4.78, 5) is 12.0. The Morgan fingerprint density at radius 2 is 1.44 bits per heavy atom. The molecule has 1 amide bonds. The quantitative estimate of drug-likeness (QED) is 0.796. The summed E-state index contributed by atoms with van der Waals surface area (Å²) in [6, 6.07) is 1.33. The van der Waals surface area contributed by atoms with Crippen LogP contribution in [-0.2, 0) is 23.7 Å². The van der Waals surface area contributed by atoms with Gasteiger partial charge in [-0.05, 0) is 49.4 Å². The molecule has 0 saturated heterocycles. The van der Waals surface area contributed by atoms with Crippen molar-refractivity contribution in [1.29, 1.82) is 0 Å². The van der Waals surface area contributed by atoms with Crippen molar-refractivity contribution in [3.8, 4) is 0 Å². The Hall–Kier alpha value is -1.77. The molecule has 1 aliphatic carbocycles. The molecule has 2 rings (SSSR count). The van der Waals surface area contributed by atoms with Crippen molar-refractivity contribution in [2.24, 2.45) is 11.7 Å². The van der Waals surface area contributed by atoms with Gasteiger partial charge in [-0.25, -0.2) is 0 Å². The molecular formula is C16H18F6N2O. The Kier molecular flexibility index (Phi) is 5.65. The van der Waals surface area contributed by atoms with Gasteiger partial charge in [0.2, 0.25) is 5.91 Å². The summed E-state index contributed by atoms with van der Waals surface area (Å²) in [5.41, 5.74) is 2.70. The van der Waals surface area contributed by atoms with Gasteiger partial charge in [0.15, 0.2) is 0 Å². The molecule has 1 fully saturated rings. The van der Waals surface area contributed by atoms with Crippen LogP contribution in [0, 0.1) is 5.92 Å². The molecule has 3 nitrogen and oxygen atoms in total. The van der Waals surface area contributed by atoms with E-state index in [1.807, 2.05) is 0 Å². The number of amides is 1. The number of nitrogens with two attached hydrogens (primary N) is 1. The lowest BCUT2D eigenvalue weighted by Gasteiger charge is -2.25. The molecule has 0 heterocycles. The first-order valence-corrected chi connectivity index (χ1v) is 7.78. The Morgan fingerprint density at radius 3 is 1.88 bits per heavy atom. The lowest BCUT2D eigenvalue weighted by molar-refractivity contribution is -0.143. The van der Waals surface area contributed by atoms with Crippen molar-refractivity contribution < 1.29 is 31.1 Å². The predicted octanol–water partition coefficient (Wildman–Crippen LogP) is 3.86. The SMILES string of the molecule is NC1CCC(C(=O)NCc2cc(C(F)(F)F)cc(C(F)(F)F)c2)CC1. The van der Waals surface area contributed by atoms with Crippen LogP contribution in [0.1, 0.15) is 42.4 Å². The van der Waals surface area contributed by atoms with Crippen LogP contribution >= 0.6 is 0 Å². The number of alkyl halides is 6. The number of nitrogens with one attached hydrogen (secondary N) is 1. The highest BCUT2D eigenvalue weighted by Crippen LogP contribution is 2.36. The minimum atomic E-state index is -4.90. The molecule has 3 N–H and O–H groups in total. The molecule has 0 aliphatic heterocycles. The van der Waals surface area contributed by atoms with Gasteiger partial charge in [-0.15, -0.1) is 0 Å². The largest absolute Gasteiger partial charge is 0.416 e. The second kappa shape index (κ2) is 7.23. The molecular weight excluding hydrogens is 350 g/mol. The van der Waals surface area contributed by atoms with Gasteiger partial charge < -0.3 is 11.1 Å². The number of halogens is 6. The molecule has 0 spiro atoms. The highest BCUT2D eigenvalue weighted by atomic mass is 19.4. The van der Waals surface area contributed by atoms with Crippen molar-refractivity contribution in [3.63, 3.8) is 0 Å². The van der Waals surface area contributed by atoms with Crippen molar-refractivity contribution in [2.75, 3.05) is 0 Å². The topological polar surface area (TPSA) is 55.1 Å². The summed E-state index contributed by atoms with van der Waals surface area (Å²) in [5, 5.41) is 2.43. The van der Waals surface area contributed by atoms with Crippen molar-refractivity contribution in [1.82, 2.24) is 5.32 Å². The van der Waals surface area contributed by atoms with Crippen molar-refractivity contribution in [2.45, 2.75) is 50.6 Å². The lowest BCUT2D eigenvalue weighted by atomic mass is 9.86. The summed E-state index contributed by atoms with van der Waals surface area (Å²) >= 11 is 0. The van der Waals surface area contributed by atoms with Crippen LogP contribution in [0.25, 0.3) is 0 Å². The van der Waals surface area contributed by atoms with E-state index in [4.69, 9.17) is 5.73 Å². The van der Waals surface area contributed by atoms with Gasteiger partial charge in [0, 0.05) is 18.5 Å². The first-order valence-electron chi connectivity index (χ1n) is 7.78. The highest BCUT2D eigenvalue weighted by molar-refractivity contribution is 5.78. The normalized spacial score (nSPS) is 21.9. The number of rotatable bonds is 3. The average Bonchev–Trinajstić information content (AvgIpc) is 2.51. The molecule has 1 saturated carbocycles. The fourth-order valence-electron chi connectivity index (χ4n) is 2.84. The van der Waals surface area contributed by atoms with E-state index in [0.717, 1.165) is 0 Å². The van der Waals surface area contributed by atoms with Crippen LogP contribution in [-0.4, -0.2) is 11.9 Å². The molecule has 0 unspecified atom stereocenters. The fraction of sp³-hybridized carbons (Fsp3) is 0.562. The molecule has 0 bridgehead atoms. The van der Waals surface area contributed by atoms with E-state index < -0.39 is 30.0 Å². The van der Waals surface area contributed by atoms with Gasteiger partial charge in [-0.1, -0.05) is 0 Å². The summed E-state index contributed by atoms with van der Waals surface area (Å²) < 4.78 is 76.8. The first-order chi connectivity index (χ1) is 11.5. The van der Waals surface area contributed by atoms with E-state index in [9.17, 15) is 31.1 Å². The molecule has 9 heteroatoms. The van der Waals surface area contributed by atoms with E-state index in [1.54, 1.807) is 0 Å². The Bertz CT molecular complexity index is 586. The molecule has 1 aromatic carbocycles. The summed E-state index contributed by atoms with van der Waals surface area (Å²) in [6.07, 6.45) is -7.36. The van der Waals surface area contributed by atoms with Crippen LogP contribution in [0.15, 0.2) is 18.2 Å². The third-order valence-corrected chi connectivity index (χ3v) is 4.26. The van der Waals surface area contributed by atoms with E-state index in [0.29, 0.717) is 37.8 Å². The number of hydrogen-bond acceptors (Lipinski definition) is 2. The van der Waals surface area contributed by atoms with E-state index in [-0.39, 0.29) is 29.5 Å². The second-order valence-electron chi connectivity index (χ2n) is 6.24. The minimum absolute atomic E-state index is 0.0295. The van der Waals surface area contributed by atoms with Crippen LogP contribution in [0.3, 0.4) is 0 Å². The van der Waals surface area contributed by atoms with Crippen molar-refractivity contribution in [3.05, 3.63) is 34.9 Å². The van der Waals surface area contributed by atoms with E-state index >= 15 is 0 Å². The molecule has 25 heavy (non-hydrogen) atoms. The third-order valence-electron chi connectivity index (χ3n) is 4.26. The van der Waals surface area contributed by atoms with Crippen LogP contribution in [0.5, 0.6) is 0 Å². The average molecular weight is 368 g/mol. The van der Waals surface area contributed by atoms with Gasteiger partial charge in [0.05, 0.1) is 11.1 Å². The standard InChI is InChI=1S/C16H18F6N2O/c17-15(18,19)11-5-9(6-12(7-11)16(20,21)22)8-24-14(25)10-1-3-13(23)4-2-10/h5-7,10,13H,1-4,8,23H2,(H,24,25). The van der Waals surface area contributed by atoms with Crippen LogP contribution < -0.4 is 11.1 Å². The van der Waals surface area contributed by atoms with Gasteiger partial charge >= 0.3 is 12.4 Å². The maximum atomic E-state index is 12.8. The molecule has 1 aromatic rings. The maximum Gasteiger partial charge on any atom is 0.416 e. The number of carbonyl (C=O) groups excluding carboxylic acids is 1. The van der Waals surface area contributed by atoms with E-state index in [2.05, 4.69) is 5.32 Å². The Balaban J connectivity index is 2.11. The molecule has 140 valence electrons. The minimum Gasteiger partial charge on any atom is -0.352 e. The summed E-state index contributed by atoms with van der Waals surface area (Å²) in [5.74, 6) is -0.689. The number of hydrogen-bond donors (Lipinski definition) is 2. The first kappa shape index (κ1) is 19.6. The Labute approximate surface area is 140 Å². The maximum absolute atomic E-state index is 12.8. The zero-order valence-electron chi connectivity index (χ0n) is 13.2. The zero-order chi connectivity index (χ0) is 18.8. The molecule has 0 atom stereocenters. The third kappa shape index (κ3) is 5.35. The Morgan fingerprint density at radius 1 is 0.960 bits per heavy atom. The highest BCUT2D eigenvalue weighted by Gasteiger charge is 2.37. The number of benzene rings is 1. The molecule has 0 aromatic heterocycles. The fourth-order valence-corrected chi connectivity index (χ4v) is 2.84. The smallest absolute Gasteiger partial charge is 0.352 e. The van der Waals surface area contributed by atoms with Gasteiger partial charge in [-0.2, -0.15) is 26.3 Å². The van der Waals surface area contributed by atoms with Crippen molar-refractivity contribution >= 4 is 5.91 Å². The zero-order valence-corrected chi connectivity index (χ0v) is 13.2. The molecule has 1 aliphatic rings. The van der Waals surface area contributed by atoms with Crippen LogP contribution in [0.4, 0.5) is 26.3 Å². The van der Waals surface area contributed by atoms with Gasteiger partial charge in [0.25, 0.3) is 0 Å². The van der Waals surface area contributed by atoms with Gasteiger partial charge in [0.1, 0.15) is 0 Å². The van der Waals surface area contributed by atoms with Crippen LogP contribution in [0.2, 0.25) is 0 Å². The van der Waals surface area contributed by atoms with Gasteiger partial charge in [-0.3, -0.25) is 4.79 Å². The summed E-state index contributed by atoms with van der Waals surface area (Å²) in [6.45, 7) is -0.394.